The Morgan fingerprint density at radius 1 is 1.25 bits per heavy atom. The molecule has 4 heteroatoms. The van der Waals surface area contributed by atoms with Crippen LogP contribution in [0.5, 0.6) is 0 Å². The van der Waals surface area contributed by atoms with Crippen molar-refractivity contribution in [3.8, 4) is 0 Å². The fraction of sp³-hybridized carbons (Fsp3) is 0.625. The molecule has 0 bridgehead atoms. The van der Waals surface area contributed by atoms with Gasteiger partial charge in [0.25, 0.3) is 0 Å². The normalized spacial score (nSPS) is 27.8. The minimum absolute atomic E-state index is 0.618. The number of piperazine rings is 1. The zero-order valence-corrected chi connectivity index (χ0v) is 13.4. The molecule has 3 rings (SSSR count). The van der Waals surface area contributed by atoms with E-state index in [4.69, 9.17) is 23.2 Å². The third-order valence-electron chi connectivity index (χ3n) is 4.57. The van der Waals surface area contributed by atoms with Crippen molar-refractivity contribution in [2.45, 2.75) is 44.8 Å². The lowest BCUT2D eigenvalue weighted by atomic mass is 10.0. The van der Waals surface area contributed by atoms with Crippen molar-refractivity contribution in [3.63, 3.8) is 0 Å². The average Bonchev–Trinajstić information content (AvgIpc) is 3.27. The van der Waals surface area contributed by atoms with Crippen LogP contribution in [0.15, 0.2) is 18.2 Å². The first kappa shape index (κ1) is 14.6. The largest absolute Gasteiger partial charge is 0.311 e. The summed E-state index contributed by atoms with van der Waals surface area (Å²) >= 11 is 12.1. The van der Waals surface area contributed by atoms with Gasteiger partial charge in [-0.2, -0.15) is 0 Å². The number of hydrogen-bond donors (Lipinski definition) is 1. The van der Waals surface area contributed by atoms with Crippen LogP contribution < -0.4 is 5.32 Å². The molecule has 2 fully saturated rings. The maximum absolute atomic E-state index is 6.14. The molecule has 2 nitrogen and oxygen atoms in total. The van der Waals surface area contributed by atoms with E-state index in [1.54, 1.807) is 0 Å². The molecule has 1 aliphatic carbocycles. The van der Waals surface area contributed by atoms with E-state index in [1.807, 2.05) is 12.1 Å². The average molecular weight is 313 g/mol. The van der Waals surface area contributed by atoms with Crippen LogP contribution in [0, 0.1) is 5.92 Å². The molecule has 20 heavy (non-hydrogen) atoms. The van der Waals surface area contributed by atoms with Gasteiger partial charge in [-0.15, -0.1) is 0 Å². The van der Waals surface area contributed by atoms with E-state index in [-0.39, 0.29) is 0 Å². The zero-order chi connectivity index (χ0) is 14.1. The molecule has 0 amide bonds. The maximum Gasteiger partial charge on any atom is 0.0595 e. The number of nitrogens with zero attached hydrogens (tertiary/aromatic N) is 1. The van der Waals surface area contributed by atoms with Crippen molar-refractivity contribution < 1.29 is 0 Å². The monoisotopic (exact) mass is 312 g/mol. The minimum Gasteiger partial charge on any atom is -0.311 e. The second-order valence-corrected chi connectivity index (χ2v) is 6.91. The van der Waals surface area contributed by atoms with Crippen molar-refractivity contribution in [3.05, 3.63) is 33.8 Å². The first-order valence-corrected chi connectivity index (χ1v) is 8.34. The quantitative estimate of drug-likeness (QED) is 0.905. The number of benzene rings is 1. The molecule has 1 saturated heterocycles. The van der Waals surface area contributed by atoms with Crippen LogP contribution in [0.2, 0.25) is 10.0 Å². The Kier molecular flexibility index (Phi) is 4.56. The predicted molar refractivity (Wildman–Crippen MR) is 85.5 cm³/mol. The molecular formula is C16H22Cl2N2. The van der Waals surface area contributed by atoms with Gasteiger partial charge < -0.3 is 5.32 Å². The van der Waals surface area contributed by atoms with Crippen LogP contribution in [0.25, 0.3) is 0 Å². The van der Waals surface area contributed by atoms with Gasteiger partial charge in [-0.3, -0.25) is 4.90 Å². The molecule has 1 saturated carbocycles. The molecule has 0 radical (unpaired) electrons. The summed E-state index contributed by atoms with van der Waals surface area (Å²) in [6, 6.07) is 7.32. The summed E-state index contributed by atoms with van der Waals surface area (Å²) in [6.45, 7) is 5.51. The smallest absolute Gasteiger partial charge is 0.0595 e. The summed E-state index contributed by atoms with van der Waals surface area (Å²) in [7, 11) is 0. The van der Waals surface area contributed by atoms with Gasteiger partial charge in [0, 0.05) is 31.7 Å². The van der Waals surface area contributed by atoms with Crippen molar-refractivity contribution >= 4 is 23.2 Å². The molecular weight excluding hydrogens is 291 g/mol. The van der Waals surface area contributed by atoms with Gasteiger partial charge in [-0.1, -0.05) is 36.2 Å². The molecule has 1 heterocycles. The summed E-state index contributed by atoms with van der Waals surface area (Å²) < 4.78 is 0. The Morgan fingerprint density at radius 2 is 2.05 bits per heavy atom. The van der Waals surface area contributed by atoms with Gasteiger partial charge in [0.15, 0.2) is 0 Å². The molecule has 1 aliphatic heterocycles. The third kappa shape index (κ3) is 3.30. The summed E-state index contributed by atoms with van der Waals surface area (Å²) in [5, 5.41) is 4.99. The highest BCUT2D eigenvalue weighted by Gasteiger charge is 2.38. The van der Waals surface area contributed by atoms with Gasteiger partial charge >= 0.3 is 0 Å². The fourth-order valence-electron chi connectivity index (χ4n) is 3.17. The topological polar surface area (TPSA) is 15.3 Å². The highest BCUT2D eigenvalue weighted by molar-refractivity contribution is 6.42. The molecule has 110 valence electrons. The van der Waals surface area contributed by atoms with Gasteiger partial charge in [-0.25, -0.2) is 0 Å². The van der Waals surface area contributed by atoms with Crippen LogP contribution in [-0.4, -0.2) is 30.1 Å². The van der Waals surface area contributed by atoms with Crippen LogP contribution in [-0.2, 0) is 6.54 Å². The predicted octanol–water partition coefficient (Wildman–Crippen LogP) is 3.96. The van der Waals surface area contributed by atoms with E-state index in [0.29, 0.717) is 22.1 Å². The SMILES string of the molecule is CCC1CN(Cc2ccc(Cl)c(Cl)c2)C(C2CC2)CN1. The fourth-order valence-corrected chi connectivity index (χ4v) is 3.49. The van der Waals surface area contributed by atoms with E-state index in [1.165, 1.54) is 24.8 Å². The number of hydrogen-bond acceptors (Lipinski definition) is 2. The minimum atomic E-state index is 0.618. The van der Waals surface area contributed by atoms with E-state index < -0.39 is 0 Å². The number of rotatable bonds is 4. The molecule has 1 aromatic rings. The summed E-state index contributed by atoms with van der Waals surface area (Å²) in [6.07, 6.45) is 3.97. The van der Waals surface area contributed by atoms with Crippen molar-refractivity contribution in [1.82, 2.24) is 10.2 Å². The molecule has 0 spiro atoms. The Labute approximate surface area is 131 Å². The van der Waals surface area contributed by atoms with Gasteiger partial charge in [0.05, 0.1) is 10.0 Å². The highest BCUT2D eigenvalue weighted by atomic mass is 35.5. The number of nitrogens with one attached hydrogen (secondary N) is 1. The lowest BCUT2D eigenvalue weighted by molar-refractivity contribution is 0.106. The van der Waals surface area contributed by atoms with E-state index in [0.717, 1.165) is 25.6 Å². The highest BCUT2D eigenvalue weighted by Crippen LogP contribution is 2.37. The summed E-state index contributed by atoms with van der Waals surface area (Å²) in [4.78, 5) is 2.64. The van der Waals surface area contributed by atoms with Gasteiger partial charge in [0.1, 0.15) is 0 Å². The second kappa shape index (κ2) is 6.23. The maximum atomic E-state index is 6.14. The Morgan fingerprint density at radius 3 is 2.70 bits per heavy atom. The van der Waals surface area contributed by atoms with E-state index in [2.05, 4.69) is 23.2 Å². The van der Waals surface area contributed by atoms with E-state index >= 15 is 0 Å². The molecule has 1 N–H and O–H groups in total. The lowest BCUT2D eigenvalue weighted by Gasteiger charge is -2.40. The number of halogens is 2. The van der Waals surface area contributed by atoms with Crippen LogP contribution in [0.3, 0.4) is 0 Å². The van der Waals surface area contributed by atoms with Gasteiger partial charge in [0.2, 0.25) is 0 Å². The van der Waals surface area contributed by atoms with Crippen molar-refractivity contribution in [2.24, 2.45) is 5.92 Å². The summed E-state index contributed by atoms with van der Waals surface area (Å²) in [5.74, 6) is 0.892. The third-order valence-corrected chi connectivity index (χ3v) is 5.31. The first-order valence-electron chi connectivity index (χ1n) is 7.58. The van der Waals surface area contributed by atoms with Gasteiger partial charge in [-0.05, 0) is 42.9 Å². The molecule has 1 aromatic carbocycles. The molecule has 2 atom stereocenters. The van der Waals surface area contributed by atoms with Crippen LogP contribution >= 0.6 is 23.2 Å². The zero-order valence-electron chi connectivity index (χ0n) is 11.9. The molecule has 0 aromatic heterocycles. The Balaban J connectivity index is 1.72. The lowest BCUT2D eigenvalue weighted by Crippen LogP contribution is -2.56. The standard InChI is InChI=1S/C16H22Cl2N2/c1-2-13-10-20(16(8-19-13)12-4-5-12)9-11-3-6-14(17)15(18)7-11/h3,6-7,12-13,16,19H,2,4-5,8-10H2,1H3. The molecule has 2 aliphatic rings. The van der Waals surface area contributed by atoms with Crippen molar-refractivity contribution in [2.75, 3.05) is 13.1 Å². The summed E-state index contributed by atoms with van der Waals surface area (Å²) in [5.41, 5.74) is 1.27. The van der Waals surface area contributed by atoms with E-state index in [9.17, 15) is 0 Å². The Hall–Kier alpha value is -0.280. The van der Waals surface area contributed by atoms with Crippen LogP contribution in [0.4, 0.5) is 0 Å². The molecule has 2 unspecified atom stereocenters. The van der Waals surface area contributed by atoms with Crippen LogP contribution in [0.1, 0.15) is 31.7 Å². The first-order chi connectivity index (χ1) is 9.67. The second-order valence-electron chi connectivity index (χ2n) is 6.10. The Bertz CT molecular complexity index is 474. The van der Waals surface area contributed by atoms with Crippen molar-refractivity contribution in [1.29, 1.82) is 0 Å².